The van der Waals surface area contributed by atoms with Gasteiger partial charge in [-0.3, -0.25) is 9.80 Å². The molecule has 0 unspecified atom stereocenters. The fourth-order valence-electron chi connectivity index (χ4n) is 1.44. The molecule has 0 aromatic heterocycles. The minimum absolute atomic E-state index is 0. The van der Waals surface area contributed by atoms with E-state index in [-0.39, 0.29) is 117 Å². The van der Waals surface area contributed by atoms with Gasteiger partial charge >= 0.3 is 82.2 Å². The van der Waals surface area contributed by atoms with Crippen LogP contribution in [0.1, 0.15) is 0 Å². The predicted octanol–water partition coefficient (Wildman–Crippen LogP) is -17.1. The second-order valence-corrected chi connectivity index (χ2v) is 3.91. The van der Waals surface area contributed by atoms with E-state index in [1.54, 1.807) is 0 Å². The van der Waals surface area contributed by atoms with Crippen molar-refractivity contribution in [3.8, 4) is 0 Å². The molecule has 17 heteroatoms. The molecule has 0 bridgehead atoms. The molecule has 0 aliphatic rings. The van der Waals surface area contributed by atoms with Crippen molar-refractivity contribution in [2.24, 2.45) is 0 Å². The Morgan fingerprint density at radius 1 is 0.519 bits per heavy atom. The zero-order chi connectivity index (χ0) is 15.7. The Hall–Kier alpha value is 0.406. The SMILES string of the molecule is O.O.O.O.O=C([O-])CN(CCN(CC(=O)[O-])CC(=O)[O-])CC(=O)[O-].[Mg+2].[Na+].[Na+]. The van der Waals surface area contributed by atoms with E-state index in [1.807, 2.05) is 0 Å². The van der Waals surface area contributed by atoms with Crippen molar-refractivity contribution in [3.63, 3.8) is 0 Å². The monoisotopic (exact) mass is 430 g/mol. The Bertz CT molecular complexity index is 336. The van der Waals surface area contributed by atoms with Gasteiger partial charge in [-0.1, -0.05) is 0 Å². The summed E-state index contributed by atoms with van der Waals surface area (Å²) in [5, 5.41) is 41.6. The van der Waals surface area contributed by atoms with E-state index >= 15 is 0 Å². The fraction of sp³-hybridized carbons (Fsp3) is 0.600. The number of carbonyl (C=O) groups is 4. The van der Waals surface area contributed by atoms with Crippen LogP contribution in [-0.4, -0.2) is 118 Å². The van der Waals surface area contributed by atoms with Gasteiger partial charge in [0.1, 0.15) is 0 Å². The smallest absolute Gasteiger partial charge is 0.549 e. The molecule has 0 atom stereocenters. The normalized spacial score (nSPS) is 7.93. The van der Waals surface area contributed by atoms with Gasteiger partial charge in [0.15, 0.2) is 0 Å². The third-order valence-corrected chi connectivity index (χ3v) is 2.14. The van der Waals surface area contributed by atoms with E-state index in [0.717, 1.165) is 9.80 Å². The molecule has 27 heavy (non-hydrogen) atoms. The Morgan fingerprint density at radius 3 is 0.778 bits per heavy atom. The van der Waals surface area contributed by atoms with Gasteiger partial charge in [-0.2, -0.15) is 0 Å². The summed E-state index contributed by atoms with van der Waals surface area (Å²) in [5.41, 5.74) is 0. The van der Waals surface area contributed by atoms with Crippen LogP contribution in [0.25, 0.3) is 0 Å². The van der Waals surface area contributed by atoms with E-state index < -0.39 is 50.1 Å². The molecule has 0 aromatic carbocycles. The number of carboxylic acids is 4. The molecule has 8 N–H and O–H groups in total. The zero-order valence-electron chi connectivity index (χ0n) is 15.1. The summed E-state index contributed by atoms with van der Waals surface area (Å²) in [7, 11) is 0. The van der Waals surface area contributed by atoms with Gasteiger partial charge in [0.2, 0.25) is 0 Å². The van der Waals surface area contributed by atoms with Crippen LogP contribution in [0.3, 0.4) is 0 Å². The van der Waals surface area contributed by atoms with Gasteiger partial charge in [-0.05, 0) is 0 Å². The van der Waals surface area contributed by atoms with Gasteiger partial charge < -0.3 is 61.5 Å². The number of hydrogen-bond acceptors (Lipinski definition) is 10. The first-order valence-electron chi connectivity index (χ1n) is 5.44. The third kappa shape index (κ3) is 34.3. The van der Waals surface area contributed by atoms with Crippen LogP contribution >= 0.6 is 0 Å². The number of carboxylic acid groups (broad SMARTS) is 4. The van der Waals surface area contributed by atoms with Crippen molar-refractivity contribution in [1.82, 2.24) is 9.80 Å². The molecule has 14 nitrogen and oxygen atoms in total. The quantitative estimate of drug-likeness (QED) is 0.278. The number of aliphatic carboxylic acids is 4. The Labute approximate surface area is 214 Å². The van der Waals surface area contributed by atoms with Crippen molar-refractivity contribution < 1.29 is 121 Å². The molecule has 146 valence electrons. The maximum atomic E-state index is 10.4. The zero-order valence-corrected chi connectivity index (χ0v) is 20.5. The van der Waals surface area contributed by atoms with Gasteiger partial charge in [-0.15, -0.1) is 0 Å². The van der Waals surface area contributed by atoms with Crippen LogP contribution < -0.4 is 79.5 Å². The van der Waals surface area contributed by atoms with Gasteiger partial charge in [0.05, 0.1) is 23.9 Å². The molecule has 0 amide bonds. The molecule has 0 fully saturated rings. The molecule has 0 aliphatic heterocycles. The molecule has 0 aromatic rings. The van der Waals surface area contributed by atoms with Crippen LogP contribution in [0.2, 0.25) is 0 Å². The first kappa shape index (κ1) is 50.7. The number of hydrogen-bond donors (Lipinski definition) is 0. The summed E-state index contributed by atoms with van der Waals surface area (Å²) >= 11 is 0. The standard InChI is InChI=1S/C10H16N2O8.Mg.2Na.4H2O/c13-7(14)3-11(4-8(15)16)1-2-12(5-9(17)18)6-10(19)20;;;;;;;/h1-6H2,(H,13,14)(H,15,16)(H,17,18)(H,19,20);;;;4*1H2/q;+2;2*+1;;;;/p-4. The second-order valence-electron chi connectivity index (χ2n) is 3.91. The van der Waals surface area contributed by atoms with E-state index in [2.05, 4.69) is 0 Å². The molecule has 0 saturated carbocycles. The minimum Gasteiger partial charge on any atom is -0.549 e. The van der Waals surface area contributed by atoms with Crippen molar-refractivity contribution >= 4 is 46.9 Å². The molecule has 0 radical (unpaired) electrons. The number of nitrogens with zero attached hydrogens (tertiary/aromatic N) is 2. The first-order valence-corrected chi connectivity index (χ1v) is 5.44. The van der Waals surface area contributed by atoms with E-state index in [9.17, 15) is 39.6 Å². The van der Waals surface area contributed by atoms with Crippen molar-refractivity contribution in [3.05, 3.63) is 0 Å². The van der Waals surface area contributed by atoms with Gasteiger partial charge in [-0.25, -0.2) is 0 Å². The van der Waals surface area contributed by atoms with Crippen LogP contribution in [0, 0.1) is 0 Å². The molecule has 0 aliphatic carbocycles. The summed E-state index contributed by atoms with van der Waals surface area (Å²) in [6, 6.07) is 0. The first-order chi connectivity index (χ1) is 9.20. The predicted molar refractivity (Wildman–Crippen MR) is 73.1 cm³/mol. The topological polar surface area (TPSA) is 293 Å². The van der Waals surface area contributed by atoms with E-state index in [0.29, 0.717) is 0 Å². The second kappa shape index (κ2) is 28.6. The number of carbonyl (C=O) groups excluding carboxylic acids is 4. The van der Waals surface area contributed by atoms with E-state index in [1.165, 1.54) is 0 Å². The summed E-state index contributed by atoms with van der Waals surface area (Å²) in [4.78, 5) is 43.4. The van der Waals surface area contributed by atoms with Crippen molar-refractivity contribution in [1.29, 1.82) is 0 Å². The molecule has 0 spiro atoms. The van der Waals surface area contributed by atoms with Crippen molar-refractivity contribution in [2.75, 3.05) is 39.3 Å². The minimum atomic E-state index is -1.53. The van der Waals surface area contributed by atoms with Crippen LogP contribution in [0.5, 0.6) is 0 Å². The van der Waals surface area contributed by atoms with E-state index in [4.69, 9.17) is 0 Å². The van der Waals surface area contributed by atoms with Crippen LogP contribution in [0.4, 0.5) is 0 Å². The molecule has 0 rings (SSSR count). The van der Waals surface area contributed by atoms with Crippen LogP contribution in [0.15, 0.2) is 0 Å². The Kier molecular flexibility index (Phi) is 53.8. The molecular formula is C10H20MgN2Na2O12. The Morgan fingerprint density at radius 2 is 0.667 bits per heavy atom. The number of rotatable bonds is 11. The third-order valence-electron chi connectivity index (χ3n) is 2.14. The van der Waals surface area contributed by atoms with Gasteiger partial charge in [0, 0.05) is 39.3 Å². The Balaban J connectivity index is -0.0000000860. The maximum absolute atomic E-state index is 10.4. The average Bonchev–Trinajstić information content (AvgIpc) is 2.22. The largest absolute Gasteiger partial charge is 2.00 e. The maximum Gasteiger partial charge on any atom is 2.00 e. The summed E-state index contributed by atoms with van der Waals surface area (Å²) in [6.45, 7) is -3.25. The summed E-state index contributed by atoms with van der Waals surface area (Å²) in [6.07, 6.45) is 0. The summed E-state index contributed by atoms with van der Waals surface area (Å²) in [5.74, 6) is -6.12. The van der Waals surface area contributed by atoms with Crippen molar-refractivity contribution in [2.45, 2.75) is 0 Å². The van der Waals surface area contributed by atoms with Crippen LogP contribution in [-0.2, 0) is 19.2 Å². The average molecular weight is 431 g/mol. The summed E-state index contributed by atoms with van der Waals surface area (Å²) < 4.78 is 0. The van der Waals surface area contributed by atoms with Gasteiger partial charge in [0.25, 0.3) is 0 Å². The molecular weight excluding hydrogens is 410 g/mol. The molecule has 0 heterocycles. The fourth-order valence-corrected chi connectivity index (χ4v) is 1.44. The molecule has 0 saturated heterocycles.